The summed E-state index contributed by atoms with van der Waals surface area (Å²) >= 11 is 0. The fourth-order valence-corrected chi connectivity index (χ4v) is 3.72. The van der Waals surface area contributed by atoms with Crippen molar-refractivity contribution in [3.05, 3.63) is 0 Å². The molecule has 1 atom stereocenters. The summed E-state index contributed by atoms with van der Waals surface area (Å²) in [5, 5.41) is 0. The van der Waals surface area contributed by atoms with Gasteiger partial charge in [0.25, 0.3) is 0 Å². The van der Waals surface area contributed by atoms with E-state index in [9.17, 15) is 0 Å². The molecule has 0 amide bonds. The van der Waals surface area contributed by atoms with Gasteiger partial charge in [-0.15, -0.1) is 0 Å². The molecular weight excluding hydrogens is 238 g/mol. The Morgan fingerprint density at radius 2 is 1.79 bits per heavy atom. The molecule has 1 heterocycles. The molecule has 2 N–H and O–H groups in total. The molecule has 2 fully saturated rings. The van der Waals surface area contributed by atoms with Gasteiger partial charge >= 0.3 is 0 Å². The van der Waals surface area contributed by atoms with Gasteiger partial charge in [-0.2, -0.15) is 0 Å². The van der Waals surface area contributed by atoms with Gasteiger partial charge in [-0.05, 0) is 53.2 Å². The first kappa shape index (κ1) is 15.2. The standard InChI is InChI=1S/C15H31N3O/c1-17(2)15(7-4-8-15)12-18(3)11-14(10-16)6-5-9-19-13-14/h4-13,16H2,1-3H3. The van der Waals surface area contributed by atoms with Crippen LogP contribution < -0.4 is 5.73 Å². The molecule has 2 rings (SSSR count). The van der Waals surface area contributed by atoms with E-state index in [2.05, 4.69) is 30.9 Å². The summed E-state index contributed by atoms with van der Waals surface area (Å²) in [6.07, 6.45) is 6.40. The maximum Gasteiger partial charge on any atom is 0.0546 e. The minimum Gasteiger partial charge on any atom is -0.381 e. The Morgan fingerprint density at radius 1 is 1.05 bits per heavy atom. The van der Waals surface area contributed by atoms with Crippen molar-refractivity contribution in [2.24, 2.45) is 11.1 Å². The number of rotatable bonds is 6. The van der Waals surface area contributed by atoms with Crippen LogP contribution >= 0.6 is 0 Å². The van der Waals surface area contributed by atoms with Gasteiger partial charge in [0.05, 0.1) is 6.61 Å². The van der Waals surface area contributed by atoms with Crippen LogP contribution in [0, 0.1) is 5.41 Å². The van der Waals surface area contributed by atoms with Gasteiger partial charge in [-0.3, -0.25) is 0 Å². The van der Waals surface area contributed by atoms with Crippen LogP contribution in [-0.2, 0) is 4.74 Å². The molecular formula is C15H31N3O. The fourth-order valence-electron chi connectivity index (χ4n) is 3.72. The van der Waals surface area contributed by atoms with Crippen molar-refractivity contribution in [2.45, 2.75) is 37.6 Å². The molecule has 4 nitrogen and oxygen atoms in total. The van der Waals surface area contributed by atoms with Crippen molar-refractivity contribution in [1.29, 1.82) is 0 Å². The van der Waals surface area contributed by atoms with E-state index < -0.39 is 0 Å². The zero-order valence-corrected chi connectivity index (χ0v) is 13.0. The smallest absolute Gasteiger partial charge is 0.0546 e. The lowest BCUT2D eigenvalue weighted by Gasteiger charge is -2.50. The van der Waals surface area contributed by atoms with Gasteiger partial charge < -0.3 is 20.3 Å². The van der Waals surface area contributed by atoms with Crippen molar-refractivity contribution in [1.82, 2.24) is 9.80 Å². The topological polar surface area (TPSA) is 41.7 Å². The second kappa shape index (κ2) is 6.08. The Labute approximate surface area is 118 Å². The van der Waals surface area contributed by atoms with Crippen LogP contribution in [0.4, 0.5) is 0 Å². The number of nitrogens with two attached hydrogens (primary N) is 1. The van der Waals surface area contributed by atoms with Crippen LogP contribution in [-0.4, -0.2) is 69.3 Å². The van der Waals surface area contributed by atoms with Gasteiger partial charge in [0, 0.05) is 37.2 Å². The molecule has 1 aliphatic heterocycles. The van der Waals surface area contributed by atoms with Crippen molar-refractivity contribution in [3.63, 3.8) is 0 Å². The van der Waals surface area contributed by atoms with Gasteiger partial charge in [-0.25, -0.2) is 0 Å². The number of likely N-dealkylation sites (N-methyl/N-ethyl adjacent to an activating group) is 2. The Hall–Kier alpha value is -0.160. The normalized spacial score (nSPS) is 30.6. The lowest BCUT2D eigenvalue weighted by atomic mass is 9.74. The minimum absolute atomic E-state index is 0.185. The molecule has 0 aromatic carbocycles. The molecule has 0 radical (unpaired) electrons. The molecule has 112 valence electrons. The van der Waals surface area contributed by atoms with Gasteiger partial charge in [0.1, 0.15) is 0 Å². The van der Waals surface area contributed by atoms with Crippen LogP contribution in [0.25, 0.3) is 0 Å². The third-order valence-corrected chi connectivity index (χ3v) is 5.24. The summed E-state index contributed by atoms with van der Waals surface area (Å²) in [4.78, 5) is 4.90. The minimum atomic E-state index is 0.185. The van der Waals surface area contributed by atoms with Crippen molar-refractivity contribution < 1.29 is 4.74 Å². The second-order valence-electron chi connectivity index (χ2n) is 7.00. The molecule has 4 heteroatoms. The molecule has 0 aromatic rings. The van der Waals surface area contributed by atoms with Crippen LogP contribution in [0.2, 0.25) is 0 Å². The van der Waals surface area contributed by atoms with E-state index >= 15 is 0 Å². The molecule has 1 saturated heterocycles. The highest BCUT2D eigenvalue weighted by Crippen LogP contribution is 2.37. The predicted octanol–water partition coefficient (Wildman–Crippen LogP) is 1.16. The summed E-state index contributed by atoms with van der Waals surface area (Å²) in [6.45, 7) is 4.71. The molecule has 19 heavy (non-hydrogen) atoms. The monoisotopic (exact) mass is 269 g/mol. The fraction of sp³-hybridized carbons (Fsp3) is 1.00. The maximum atomic E-state index is 6.04. The van der Waals surface area contributed by atoms with E-state index in [1.165, 1.54) is 25.7 Å². The summed E-state index contributed by atoms with van der Waals surface area (Å²) in [5.74, 6) is 0. The van der Waals surface area contributed by atoms with Gasteiger partial charge in [0.15, 0.2) is 0 Å². The second-order valence-corrected chi connectivity index (χ2v) is 7.00. The zero-order valence-electron chi connectivity index (χ0n) is 13.0. The first-order valence-electron chi connectivity index (χ1n) is 7.66. The molecule has 0 bridgehead atoms. The largest absolute Gasteiger partial charge is 0.381 e. The highest BCUT2D eigenvalue weighted by Gasteiger charge is 2.41. The Bertz CT molecular complexity index is 283. The van der Waals surface area contributed by atoms with Crippen LogP contribution in [0.15, 0.2) is 0 Å². The third-order valence-electron chi connectivity index (χ3n) is 5.24. The predicted molar refractivity (Wildman–Crippen MR) is 79.3 cm³/mol. The maximum absolute atomic E-state index is 6.04. The molecule has 0 spiro atoms. The highest BCUT2D eigenvalue weighted by molar-refractivity contribution is 4.99. The van der Waals surface area contributed by atoms with Crippen LogP contribution in [0.1, 0.15) is 32.1 Å². The van der Waals surface area contributed by atoms with Crippen LogP contribution in [0.5, 0.6) is 0 Å². The SMILES string of the molecule is CN(CC1(CN)CCCOC1)CC1(N(C)C)CCC1. The highest BCUT2D eigenvalue weighted by atomic mass is 16.5. The third kappa shape index (κ3) is 3.30. The van der Waals surface area contributed by atoms with Crippen molar-refractivity contribution in [2.75, 3.05) is 54.0 Å². The lowest BCUT2D eigenvalue weighted by Crippen LogP contribution is -2.58. The number of ether oxygens (including phenoxy) is 1. The van der Waals surface area contributed by atoms with Crippen molar-refractivity contribution in [3.8, 4) is 0 Å². The first-order valence-corrected chi connectivity index (χ1v) is 7.66. The Balaban J connectivity index is 1.90. The van der Waals surface area contributed by atoms with E-state index in [-0.39, 0.29) is 5.41 Å². The average molecular weight is 269 g/mol. The average Bonchev–Trinajstić information content (AvgIpc) is 2.34. The Kier molecular flexibility index (Phi) is 4.88. The quantitative estimate of drug-likeness (QED) is 0.786. The molecule has 1 saturated carbocycles. The zero-order chi connectivity index (χ0) is 13.9. The number of hydrogen-bond donors (Lipinski definition) is 1. The summed E-state index contributed by atoms with van der Waals surface area (Å²) in [5.41, 5.74) is 6.63. The number of nitrogens with zero attached hydrogens (tertiary/aromatic N) is 2. The summed E-state index contributed by atoms with van der Waals surface area (Å²) in [6, 6.07) is 0. The van der Waals surface area contributed by atoms with Crippen LogP contribution in [0.3, 0.4) is 0 Å². The van der Waals surface area contributed by atoms with Gasteiger partial charge in [-0.1, -0.05) is 0 Å². The molecule has 1 unspecified atom stereocenters. The first-order chi connectivity index (χ1) is 9.02. The van der Waals surface area contributed by atoms with E-state index in [0.29, 0.717) is 5.54 Å². The molecule has 0 aromatic heterocycles. The van der Waals surface area contributed by atoms with Gasteiger partial charge in [0.2, 0.25) is 0 Å². The van der Waals surface area contributed by atoms with Crippen molar-refractivity contribution >= 4 is 0 Å². The van der Waals surface area contributed by atoms with E-state index in [1.54, 1.807) is 0 Å². The molecule has 1 aliphatic carbocycles. The van der Waals surface area contributed by atoms with E-state index in [0.717, 1.165) is 39.3 Å². The van der Waals surface area contributed by atoms with E-state index in [4.69, 9.17) is 10.5 Å². The lowest BCUT2D eigenvalue weighted by molar-refractivity contribution is -0.0346. The molecule has 2 aliphatic rings. The summed E-state index contributed by atoms with van der Waals surface area (Å²) in [7, 11) is 6.68. The number of hydrogen-bond acceptors (Lipinski definition) is 4. The van der Waals surface area contributed by atoms with E-state index in [1.807, 2.05) is 0 Å². The Morgan fingerprint density at radius 3 is 2.21 bits per heavy atom. The summed E-state index contributed by atoms with van der Waals surface area (Å²) < 4.78 is 5.68.